The number of carbonyl (C=O) groups is 1. The third kappa shape index (κ3) is 5.95. The molecular weight excluding hydrogens is 419 g/mol. The molecule has 0 unspecified atom stereocenters. The zero-order chi connectivity index (χ0) is 22.4. The first-order valence-corrected chi connectivity index (χ1v) is 10.9. The highest BCUT2D eigenvalue weighted by atomic mass is 32.2. The topological polar surface area (TPSA) is 101 Å². The molecule has 7 nitrogen and oxygen atoms in total. The van der Waals surface area contributed by atoms with Gasteiger partial charge in [0.15, 0.2) is 0 Å². The predicted molar refractivity (Wildman–Crippen MR) is 118 cm³/mol. The fraction of sp³-hybridized carbons (Fsp3) is 0.136. The minimum absolute atomic E-state index is 0.00838. The molecule has 0 saturated heterocycles. The highest BCUT2D eigenvalue weighted by molar-refractivity contribution is 7.92. The molecule has 1 aromatic heterocycles. The zero-order valence-corrected chi connectivity index (χ0v) is 17.7. The number of amides is 1. The van der Waals surface area contributed by atoms with Crippen LogP contribution in [0.15, 0.2) is 65.7 Å². The highest BCUT2D eigenvalue weighted by Crippen LogP contribution is 2.18. The number of carbonyl (C=O) groups excluding carboxylic acids is 1. The summed E-state index contributed by atoms with van der Waals surface area (Å²) in [4.78, 5) is 19.8. The Labute approximate surface area is 180 Å². The van der Waals surface area contributed by atoms with E-state index in [1.54, 1.807) is 50.3 Å². The van der Waals surface area contributed by atoms with Crippen LogP contribution in [0.2, 0.25) is 0 Å². The summed E-state index contributed by atoms with van der Waals surface area (Å²) in [5.41, 5.74) is 1.28. The number of anilines is 2. The van der Waals surface area contributed by atoms with Crippen LogP contribution >= 0.6 is 0 Å². The maximum Gasteiger partial charge on any atom is 0.264 e. The molecule has 0 radical (unpaired) electrons. The van der Waals surface area contributed by atoms with Gasteiger partial charge in [-0.15, -0.1) is 0 Å². The van der Waals surface area contributed by atoms with E-state index in [4.69, 9.17) is 0 Å². The molecule has 1 amide bonds. The van der Waals surface area contributed by atoms with E-state index in [0.29, 0.717) is 16.9 Å². The zero-order valence-electron chi connectivity index (χ0n) is 16.9. The van der Waals surface area contributed by atoms with E-state index >= 15 is 0 Å². The lowest BCUT2D eigenvalue weighted by Crippen LogP contribution is -2.18. The van der Waals surface area contributed by atoms with Gasteiger partial charge in [-0.05, 0) is 48.6 Å². The first kappa shape index (κ1) is 22.1. The largest absolute Gasteiger partial charge is 0.326 e. The molecule has 31 heavy (non-hydrogen) atoms. The molecule has 3 rings (SSSR count). The SMILES string of the molecule is CC(C)C(=O)Nc1ccc(S(=O)(=O)Nc2nccc(/C=C/c3ccccc3F)n2)cc1. The highest BCUT2D eigenvalue weighted by Gasteiger charge is 2.16. The molecular formula is C22H21FN4O3S. The number of aromatic nitrogens is 2. The van der Waals surface area contributed by atoms with E-state index in [1.807, 2.05) is 0 Å². The molecule has 0 atom stereocenters. The lowest BCUT2D eigenvalue weighted by Gasteiger charge is -2.10. The van der Waals surface area contributed by atoms with E-state index in [-0.39, 0.29) is 28.5 Å². The average molecular weight is 441 g/mol. The maximum atomic E-state index is 13.7. The molecule has 3 aromatic rings. The van der Waals surface area contributed by atoms with Crippen molar-refractivity contribution in [2.24, 2.45) is 5.92 Å². The lowest BCUT2D eigenvalue weighted by atomic mass is 10.2. The summed E-state index contributed by atoms with van der Waals surface area (Å²) in [5.74, 6) is -0.848. The fourth-order valence-corrected chi connectivity index (χ4v) is 3.43. The Hall–Kier alpha value is -3.59. The summed E-state index contributed by atoms with van der Waals surface area (Å²) in [6.07, 6.45) is 4.50. The van der Waals surface area contributed by atoms with Gasteiger partial charge in [0.05, 0.1) is 10.6 Å². The average Bonchev–Trinajstić information content (AvgIpc) is 2.73. The molecule has 160 valence electrons. The van der Waals surface area contributed by atoms with Gasteiger partial charge in [-0.1, -0.05) is 32.0 Å². The Balaban J connectivity index is 1.73. The van der Waals surface area contributed by atoms with E-state index < -0.39 is 10.0 Å². The third-order valence-corrected chi connectivity index (χ3v) is 5.54. The van der Waals surface area contributed by atoms with Crippen LogP contribution in [-0.2, 0) is 14.8 Å². The van der Waals surface area contributed by atoms with Crippen LogP contribution in [0, 0.1) is 11.7 Å². The summed E-state index contributed by atoms with van der Waals surface area (Å²) >= 11 is 0. The van der Waals surface area contributed by atoms with Crippen LogP contribution in [-0.4, -0.2) is 24.3 Å². The van der Waals surface area contributed by atoms with E-state index in [0.717, 1.165) is 0 Å². The Morgan fingerprint density at radius 3 is 2.42 bits per heavy atom. The van der Waals surface area contributed by atoms with Crippen LogP contribution in [0.25, 0.3) is 12.2 Å². The normalized spacial score (nSPS) is 11.6. The van der Waals surface area contributed by atoms with Crippen molar-refractivity contribution in [2.75, 3.05) is 10.0 Å². The van der Waals surface area contributed by atoms with Crippen molar-refractivity contribution >= 4 is 39.7 Å². The van der Waals surface area contributed by atoms with Crippen molar-refractivity contribution < 1.29 is 17.6 Å². The van der Waals surface area contributed by atoms with Gasteiger partial charge in [0.2, 0.25) is 11.9 Å². The maximum absolute atomic E-state index is 13.7. The fourth-order valence-electron chi connectivity index (χ4n) is 2.48. The van der Waals surface area contributed by atoms with Gasteiger partial charge >= 0.3 is 0 Å². The number of nitrogens with one attached hydrogen (secondary N) is 2. The Kier molecular flexibility index (Phi) is 6.76. The van der Waals surface area contributed by atoms with Gasteiger partial charge in [-0.2, -0.15) is 0 Å². The quantitative estimate of drug-likeness (QED) is 0.574. The minimum atomic E-state index is -3.94. The Bertz CT molecular complexity index is 1210. The Morgan fingerprint density at radius 1 is 1.03 bits per heavy atom. The standard InChI is InChI=1S/C22H21FN4O3S/c1-15(2)21(28)25-17-9-11-19(12-10-17)31(29,30)27-22-24-14-13-18(26-22)8-7-16-5-3-4-6-20(16)23/h3-15H,1-2H3,(H,25,28)(H,24,26,27)/b8-7+. The van der Waals surface area contributed by atoms with Crippen molar-refractivity contribution in [3.05, 3.63) is 77.9 Å². The van der Waals surface area contributed by atoms with Gasteiger partial charge in [0, 0.05) is 23.4 Å². The Morgan fingerprint density at radius 2 is 1.74 bits per heavy atom. The number of halogens is 1. The van der Waals surface area contributed by atoms with Crippen LogP contribution in [0.3, 0.4) is 0 Å². The smallest absolute Gasteiger partial charge is 0.264 e. The van der Waals surface area contributed by atoms with Crippen LogP contribution in [0.4, 0.5) is 16.0 Å². The van der Waals surface area contributed by atoms with Crippen LogP contribution < -0.4 is 10.0 Å². The summed E-state index contributed by atoms with van der Waals surface area (Å²) in [5, 5.41) is 2.70. The molecule has 9 heteroatoms. The van der Waals surface area contributed by atoms with Gasteiger partial charge < -0.3 is 5.32 Å². The number of rotatable bonds is 7. The van der Waals surface area contributed by atoms with Gasteiger partial charge in [0.1, 0.15) is 5.82 Å². The second-order valence-electron chi connectivity index (χ2n) is 6.93. The van der Waals surface area contributed by atoms with Crippen molar-refractivity contribution in [3.8, 4) is 0 Å². The molecule has 0 bridgehead atoms. The van der Waals surface area contributed by atoms with Gasteiger partial charge in [0.25, 0.3) is 10.0 Å². The molecule has 1 heterocycles. The first-order chi connectivity index (χ1) is 14.7. The predicted octanol–water partition coefficient (Wildman–Crippen LogP) is 4.18. The third-order valence-electron chi connectivity index (χ3n) is 4.20. The summed E-state index contributed by atoms with van der Waals surface area (Å²) < 4.78 is 41.3. The number of nitrogens with zero attached hydrogens (tertiary/aromatic N) is 2. The molecule has 0 aliphatic rings. The van der Waals surface area contributed by atoms with Crippen molar-refractivity contribution in [3.63, 3.8) is 0 Å². The molecule has 0 aliphatic carbocycles. The summed E-state index contributed by atoms with van der Waals surface area (Å²) in [6, 6.07) is 13.6. The molecule has 0 fully saturated rings. The number of sulfonamides is 1. The molecule has 2 N–H and O–H groups in total. The lowest BCUT2D eigenvalue weighted by molar-refractivity contribution is -0.118. The molecule has 2 aromatic carbocycles. The molecule has 0 aliphatic heterocycles. The monoisotopic (exact) mass is 440 g/mol. The van der Waals surface area contributed by atoms with Crippen molar-refractivity contribution in [1.29, 1.82) is 0 Å². The van der Waals surface area contributed by atoms with E-state index in [9.17, 15) is 17.6 Å². The van der Waals surface area contributed by atoms with Crippen LogP contribution in [0.1, 0.15) is 25.1 Å². The van der Waals surface area contributed by atoms with Gasteiger partial charge in [-0.3, -0.25) is 4.79 Å². The van der Waals surface area contributed by atoms with Crippen molar-refractivity contribution in [1.82, 2.24) is 9.97 Å². The first-order valence-electron chi connectivity index (χ1n) is 9.44. The van der Waals surface area contributed by atoms with E-state index in [2.05, 4.69) is 20.0 Å². The second-order valence-corrected chi connectivity index (χ2v) is 8.62. The second kappa shape index (κ2) is 9.48. The minimum Gasteiger partial charge on any atom is -0.326 e. The van der Waals surface area contributed by atoms with Crippen LogP contribution in [0.5, 0.6) is 0 Å². The number of hydrogen-bond donors (Lipinski definition) is 2. The van der Waals surface area contributed by atoms with E-state index in [1.165, 1.54) is 36.5 Å². The summed E-state index contributed by atoms with van der Waals surface area (Å²) in [6.45, 7) is 3.52. The van der Waals surface area contributed by atoms with Gasteiger partial charge in [-0.25, -0.2) is 27.5 Å². The summed E-state index contributed by atoms with van der Waals surface area (Å²) in [7, 11) is -3.94. The number of hydrogen-bond acceptors (Lipinski definition) is 5. The molecule has 0 saturated carbocycles. The number of benzene rings is 2. The molecule has 0 spiro atoms. The van der Waals surface area contributed by atoms with Crippen molar-refractivity contribution in [2.45, 2.75) is 18.7 Å².